The number of carbonyl (C=O) groups excluding carboxylic acids is 1. The van der Waals surface area contributed by atoms with Crippen LogP contribution < -0.4 is 5.73 Å². The third-order valence-corrected chi connectivity index (χ3v) is 5.46. The first-order valence-corrected chi connectivity index (χ1v) is 7.04. The van der Waals surface area contributed by atoms with Gasteiger partial charge >= 0.3 is 0 Å². The van der Waals surface area contributed by atoms with E-state index in [2.05, 4.69) is 31.9 Å². The summed E-state index contributed by atoms with van der Waals surface area (Å²) in [7, 11) is 0. The second-order valence-electron chi connectivity index (χ2n) is 3.41. The second kappa shape index (κ2) is 5.07. The van der Waals surface area contributed by atoms with Gasteiger partial charge in [-0.1, -0.05) is 0 Å². The van der Waals surface area contributed by atoms with E-state index in [0.29, 0.717) is 4.88 Å². The van der Waals surface area contributed by atoms with Gasteiger partial charge in [0.2, 0.25) is 5.78 Å². The smallest absolute Gasteiger partial charge is 0.205 e. The van der Waals surface area contributed by atoms with E-state index in [-0.39, 0.29) is 11.3 Å². The molecule has 0 saturated carbocycles. The minimum absolute atomic E-state index is 0.0462. The van der Waals surface area contributed by atoms with Crippen LogP contribution in [0.15, 0.2) is 26.5 Å². The first kappa shape index (κ1) is 13.6. The molecule has 7 heteroatoms. The van der Waals surface area contributed by atoms with Crippen molar-refractivity contribution in [1.29, 1.82) is 0 Å². The van der Waals surface area contributed by atoms with Gasteiger partial charge in [0, 0.05) is 21.8 Å². The van der Waals surface area contributed by atoms with Crippen molar-refractivity contribution in [2.45, 2.75) is 0 Å². The largest absolute Gasteiger partial charge is 0.398 e. The zero-order valence-electron chi connectivity index (χ0n) is 8.64. The van der Waals surface area contributed by atoms with Gasteiger partial charge in [0.25, 0.3) is 0 Å². The fourth-order valence-corrected chi connectivity index (χ4v) is 3.34. The van der Waals surface area contributed by atoms with Gasteiger partial charge in [0.1, 0.15) is 0 Å². The molecule has 2 aromatic rings. The fourth-order valence-electron chi connectivity index (χ4n) is 1.35. The topological polar surface area (TPSA) is 43.1 Å². The number of hydrogen-bond donors (Lipinski definition) is 1. The van der Waals surface area contributed by atoms with Crippen LogP contribution in [-0.2, 0) is 0 Å². The second-order valence-corrected chi connectivity index (χ2v) is 6.64. The lowest BCUT2D eigenvalue weighted by Gasteiger charge is -2.04. The van der Waals surface area contributed by atoms with E-state index < -0.39 is 17.4 Å². The highest BCUT2D eigenvalue weighted by Crippen LogP contribution is 2.34. The van der Waals surface area contributed by atoms with Crippen LogP contribution in [0.4, 0.5) is 14.5 Å². The first-order chi connectivity index (χ1) is 8.40. The van der Waals surface area contributed by atoms with Crippen molar-refractivity contribution < 1.29 is 13.6 Å². The van der Waals surface area contributed by atoms with Gasteiger partial charge < -0.3 is 5.73 Å². The molecule has 18 heavy (non-hydrogen) atoms. The molecule has 0 aliphatic heterocycles. The molecule has 0 saturated heterocycles. The molecule has 0 atom stereocenters. The Hall–Kier alpha value is -0.790. The van der Waals surface area contributed by atoms with Crippen LogP contribution in [0.3, 0.4) is 0 Å². The lowest BCUT2D eigenvalue weighted by molar-refractivity contribution is 0.104. The van der Waals surface area contributed by atoms with Crippen LogP contribution in [0.25, 0.3) is 0 Å². The molecule has 0 bridgehead atoms. The van der Waals surface area contributed by atoms with Gasteiger partial charge in [0.05, 0.1) is 8.66 Å². The van der Waals surface area contributed by atoms with Crippen molar-refractivity contribution in [3.63, 3.8) is 0 Å². The lowest BCUT2D eigenvalue weighted by atomic mass is 10.1. The van der Waals surface area contributed by atoms with Crippen LogP contribution in [0.1, 0.15) is 15.2 Å². The monoisotopic (exact) mass is 395 g/mol. The summed E-state index contributed by atoms with van der Waals surface area (Å²) in [6.45, 7) is 0. The first-order valence-electron chi connectivity index (χ1n) is 4.64. The molecule has 0 spiro atoms. The maximum Gasteiger partial charge on any atom is 0.205 e. The summed E-state index contributed by atoms with van der Waals surface area (Å²) in [4.78, 5) is 12.5. The van der Waals surface area contributed by atoms with Crippen molar-refractivity contribution >= 4 is 54.7 Å². The number of anilines is 1. The number of hydrogen-bond acceptors (Lipinski definition) is 3. The summed E-state index contributed by atoms with van der Waals surface area (Å²) in [6, 6.07) is 3.21. The number of ketones is 1. The molecule has 2 nitrogen and oxygen atoms in total. The molecule has 0 radical (unpaired) electrons. The molecular weight excluding hydrogens is 392 g/mol. The third kappa shape index (κ3) is 2.48. The SMILES string of the molecule is Nc1cc(F)c(F)cc1C(=O)c1cc(Br)c(Br)s1. The average Bonchev–Trinajstić information content (AvgIpc) is 2.63. The minimum Gasteiger partial charge on any atom is -0.398 e. The zero-order chi connectivity index (χ0) is 13.4. The highest BCUT2D eigenvalue weighted by Gasteiger charge is 2.18. The summed E-state index contributed by atoms with van der Waals surface area (Å²) < 4.78 is 27.5. The molecule has 1 heterocycles. The van der Waals surface area contributed by atoms with E-state index in [1.165, 1.54) is 11.3 Å². The molecule has 2 rings (SSSR count). The molecule has 2 N–H and O–H groups in total. The Morgan fingerprint density at radius 3 is 2.33 bits per heavy atom. The van der Waals surface area contributed by atoms with Crippen molar-refractivity contribution in [2.24, 2.45) is 0 Å². The Labute approximate surface area is 122 Å². The van der Waals surface area contributed by atoms with E-state index in [9.17, 15) is 13.6 Å². The summed E-state index contributed by atoms with van der Waals surface area (Å²) in [6.07, 6.45) is 0. The Balaban J connectivity index is 2.49. The van der Waals surface area contributed by atoms with Crippen LogP contribution in [0.2, 0.25) is 0 Å². The minimum atomic E-state index is -1.10. The van der Waals surface area contributed by atoms with Crippen molar-refractivity contribution in [3.8, 4) is 0 Å². The standard InChI is InChI=1S/C11H5Br2F2NOS/c12-5-2-9(18-11(5)13)10(17)4-1-6(14)7(15)3-8(4)16/h1-3H,16H2. The highest BCUT2D eigenvalue weighted by molar-refractivity contribution is 9.13. The average molecular weight is 397 g/mol. The Morgan fingerprint density at radius 1 is 1.17 bits per heavy atom. The molecule has 0 unspecified atom stereocenters. The van der Waals surface area contributed by atoms with Gasteiger partial charge in [-0.2, -0.15) is 0 Å². The molecule has 0 aliphatic carbocycles. The van der Waals surface area contributed by atoms with Gasteiger partial charge in [-0.15, -0.1) is 11.3 Å². The summed E-state index contributed by atoms with van der Waals surface area (Å²) in [5, 5.41) is 0. The Kier molecular flexibility index (Phi) is 3.84. The van der Waals surface area contributed by atoms with Crippen LogP contribution in [0, 0.1) is 11.6 Å². The van der Waals surface area contributed by atoms with Gasteiger partial charge in [0.15, 0.2) is 11.6 Å². The predicted molar refractivity (Wildman–Crippen MR) is 73.9 cm³/mol. The van der Waals surface area contributed by atoms with Crippen LogP contribution >= 0.6 is 43.2 Å². The number of thiophene rings is 1. The van der Waals surface area contributed by atoms with E-state index in [0.717, 1.165) is 20.4 Å². The Bertz CT molecular complexity index is 623. The number of benzene rings is 1. The third-order valence-electron chi connectivity index (χ3n) is 2.21. The highest BCUT2D eigenvalue weighted by atomic mass is 79.9. The molecule has 0 amide bonds. The number of nitrogens with two attached hydrogens (primary N) is 1. The summed E-state index contributed by atoms with van der Waals surface area (Å²) in [5.41, 5.74) is 5.40. The van der Waals surface area contributed by atoms with Crippen LogP contribution in [-0.4, -0.2) is 5.78 Å². The molecular formula is C11H5Br2F2NOS. The molecule has 1 aromatic heterocycles. The number of halogens is 4. The Morgan fingerprint density at radius 2 is 1.78 bits per heavy atom. The normalized spacial score (nSPS) is 10.7. The summed E-state index contributed by atoms with van der Waals surface area (Å²) >= 11 is 7.69. The molecule has 94 valence electrons. The van der Waals surface area contributed by atoms with Crippen molar-refractivity contribution in [1.82, 2.24) is 0 Å². The fraction of sp³-hybridized carbons (Fsp3) is 0. The van der Waals surface area contributed by atoms with Crippen LogP contribution in [0.5, 0.6) is 0 Å². The van der Waals surface area contributed by atoms with Crippen molar-refractivity contribution in [3.05, 3.63) is 48.5 Å². The maximum atomic E-state index is 13.1. The van der Waals surface area contributed by atoms with Gasteiger partial charge in [-0.25, -0.2) is 8.78 Å². The lowest BCUT2D eigenvalue weighted by Crippen LogP contribution is -2.05. The number of rotatable bonds is 2. The van der Waals surface area contributed by atoms with E-state index in [1.54, 1.807) is 6.07 Å². The number of nitrogen functional groups attached to an aromatic ring is 1. The quantitative estimate of drug-likeness (QED) is 0.605. The number of carbonyl (C=O) groups is 1. The molecule has 0 fully saturated rings. The maximum absolute atomic E-state index is 13.1. The van der Waals surface area contributed by atoms with Gasteiger partial charge in [-0.3, -0.25) is 4.79 Å². The predicted octanol–water partition coefficient (Wildman–Crippen LogP) is 4.36. The summed E-state index contributed by atoms with van der Waals surface area (Å²) in [5.74, 6) is -2.61. The molecule has 1 aromatic carbocycles. The molecule has 0 aliphatic rings. The van der Waals surface area contributed by atoms with Gasteiger partial charge in [-0.05, 0) is 44.0 Å². The van der Waals surface area contributed by atoms with E-state index >= 15 is 0 Å². The van der Waals surface area contributed by atoms with E-state index in [4.69, 9.17) is 5.73 Å². The van der Waals surface area contributed by atoms with Crippen molar-refractivity contribution in [2.75, 3.05) is 5.73 Å². The van der Waals surface area contributed by atoms with E-state index in [1.807, 2.05) is 0 Å². The zero-order valence-corrected chi connectivity index (χ0v) is 12.6.